The topological polar surface area (TPSA) is 92.7 Å². The second-order valence-corrected chi connectivity index (χ2v) is 7.10. The number of rotatable bonds is 10. The summed E-state index contributed by atoms with van der Waals surface area (Å²) < 4.78 is 5.15. The molecule has 0 aliphatic heterocycles. The zero-order valence-corrected chi connectivity index (χ0v) is 16.0. The van der Waals surface area contributed by atoms with Crippen molar-refractivity contribution >= 4 is 17.7 Å². The van der Waals surface area contributed by atoms with Crippen molar-refractivity contribution in [2.75, 3.05) is 6.61 Å². The van der Waals surface area contributed by atoms with E-state index in [1.54, 1.807) is 13.8 Å². The van der Waals surface area contributed by atoms with Gasteiger partial charge in [0.15, 0.2) is 5.78 Å². The van der Waals surface area contributed by atoms with Crippen LogP contribution in [0.25, 0.3) is 0 Å². The molecule has 1 aromatic carbocycles. The van der Waals surface area contributed by atoms with Crippen molar-refractivity contribution in [2.24, 2.45) is 11.8 Å². The second-order valence-electron chi connectivity index (χ2n) is 7.10. The Bertz CT molecular complexity index is 645. The van der Waals surface area contributed by atoms with Crippen LogP contribution >= 0.6 is 0 Å². The lowest BCUT2D eigenvalue weighted by atomic mass is 9.88. The Kier molecular flexibility index (Phi) is 7.98. The van der Waals surface area contributed by atoms with Gasteiger partial charge in [0, 0.05) is 5.92 Å². The first-order valence-electron chi connectivity index (χ1n) is 9.67. The van der Waals surface area contributed by atoms with Gasteiger partial charge in [0.2, 0.25) is 0 Å². The maximum absolute atomic E-state index is 12.8. The number of ether oxygens (including phenoxy) is 1. The summed E-state index contributed by atoms with van der Waals surface area (Å²) in [5.74, 6) is -2.53. The Morgan fingerprint density at radius 2 is 1.85 bits per heavy atom. The quantitative estimate of drug-likeness (QED) is 0.611. The van der Waals surface area contributed by atoms with Crippen LogP contribution in [0.4, 0.5) is 0 Å². The van der Waals surface area contributed by atoms with E-state index in [-0.39, 0.29) is 18.4 Å². The summed E-state index contributed by atoms with van der Waals surface area (Å²) in [4.78, 5) is 36.5. The highest BCUT2D eigenvalue weighted by molar-refractivity contribution is 5.91. The van der Waals surface area contributed by atoms with Gasteiger partial charge in [-0.1, -0.05) is 36.8 Å². The number of Topliss-reactive ketones (excluding diaryl/α,β-unsaturated/α-hetero) is 1. The van der Waals surface area contributed by atoms with E-state index >= 15 is 0 Å². The van der Waals surface area contributed by atoms with Crippen LogP contribution in [0.3, 0.4) is 0 Å². The molecule has 0 aromatic heterocycles. The Morgan fingerprint density at radius 3 is 2.48 bits per heavy atom. The van der Waals surface area contributed by atoms with Crippen LogP contribution in [-0.2, 0) is 25.5 Å². The van der Waals surface area contributed by atoms with E-state index in [2.05, 4.69) is 5.32 Å². The number of esters is 1. The van der Waals surface area contributed by atoms with Crippen LogP contribution in [-0.4, -0.2) is 41.5 Å². The molecule has 2 N–H and O–H groups in total. The summed E-state index contributed by atoms with van der Waals surface area (Å²) in [6, 6.07) is 8.61. The number of aliphatic carboxylic acids is 1. The summed E-state index contributed by atoms with van der Waals surface area (Å²) >= 11 is 0. The Balaban J connectivity index is 2.01. The number of nitrogens with one attached hydrogen (secondary N) is 1. The van der Waals surface area contributed by atoms with E-state index in [0.29, 0.717) is 25.7 Å². The highest BCUT2D eigenvalue weighted by Gasteiger charge is 2.40. The van der Waals surface area contributed by atoms with Crippen molar-refractivity contribution in [1.29, 1.82) is 0 Å². The third-order valence-electron chi connectivity index (χ3n) is 5.21. The Labute approximate surface area is 160 Å². The molecular weight excluding hydrogens is 346 g/mol. The van der Waals surface area contributed by atoms with Gasteiger partial charge in [-0.3, -0.25) is 19.7 Å². The number of carboxylic acid groups (broad SMARTS) is 1. The maximum Gasteiger partial charge on any atom is 0.323 e. The number of carbonyl (C=O) groups is 3. The minimum atomic E-state index is -0.913. The molecule has 2 rings (SSSR count). The third kappa shape index (κ3) is 5.89. The molecule has 1 unspecified atom stereocenters. The van der Waals surface area contributed by atoms with Crippen molar-refractivity contribution < 1.29 is 24.2 Å². The van der Waals surface area contributed by atoms with Crippen molar-refractivity contribution in [3.05, 3.63) is 35.9 Å². The predicted octanol–water partition coefficient (Wildman–Crippen LogP) is 2.60. The number of carbonyl (C=O) groups excluding carboxylic acids is 2. The average molecular weight is 375 g/mol. The van der Waals surface area contributed by atoms with E-state index < -0.39 is 29.9 Å². The Morgan fingerprint density at radius 1 is 1.19 bits per heavy atom. The molecular formula is C21H29NO5. The van der Waals surface area contributed by atoms with E-state index in [1.165, 1.54) is 0 Å². The number of benzene rings is 1. The number of ketones is 1. The molecule has 148 valence electrons. The highest BCUT2D eigenvalue weighted by Crippen LogP contribution is 2.33. The maximum atomic E-state index is 12.8. The molecule has 0 spiro atoms. The number of hydrogen-bond acceptors (Lipinski definition) is 5. The lowest BCUT2D eigenvalue weighted by Gasteiger charge is -2.24. The first kappa shape index (κ1) is 21.1. The zero-order chi connectivity index (χ0) is 19.8. The molecule has 0 radical (unpaired) electrons. The van der Waals surface area contributed by atoms with Crippen LogP contribution in [0.2, 0.25) is 0 Å². The van der Waals surface area contributed by atoms with Gasteiger partial charge in [-0.2, -0.15) is 0 Å². The molecule has 0 amide bonds. The number of aryl methyl sites for hydroxylation is 1. The predicted molar refractivity (Wildman–Crippen MR) is 101 cm³/mol. The molecule has 1 aliphatic rings. The van der Waals surface area contributed by atoms with Gasteiger partial charge in [-0.05, 0) is 45.1 Å². The van der Waals surface area contributed by atoms with Crippen LogP contribution in [0, 0.1) is 11.8 Å². The van der Waals surface area contributed by atoms with E-state index in [0.717, 1.165) is 12.0 Å². The molecule has 1 saturated carbocycles. The average Bonchev–Trinajstić information content (AvgIpc) is 3.15. The van der Waals surface area contributed by atoms with Gasteiger partial charge in [0.25, 0.3) is 0 Å². The fourth-order valence-electron chi connectivity index (χ4n) is 3.77. The summed E-state index contributed by atoms with van der Waals surface area (Å²) in [5.41, 5.74) is 1.11. The molecule has 1 fully saturated rings. The van der Waals surface area contributed by atoms with Crippen molar-refractivity contribution in [1.82, 2.24) is 5.32 Å². The largest absolute Gasteiger partial charge is 0.481 e. The molecule has 4 atom stereocenters. The molecule has 1 aliphatic carbocycles. The van der Waals surface area contributed by atoms with Gasteiger partial charge in [0.05, 0.1) is 18.6 Å². The van der Waals surface area contributed by atoms with Gasteiger partial charge in [-0.25, -0.2) is 0 Å². The summed E-state index contributed by atoms with van der Waals surface area (Å²) in [6.07, 6.45) is 3.06. The van der Waals surface area contributed by atoms with Gasteiger partial charge >= 0.3 is 11.9 Å². The Hall–Kier alpha value is -2.21. The van der Waals surface area contributed by atoms with Crippen LogP contribution in [0.15, 0.2) is 30.3 Å². The first-order valence-corrected chi connectivity index (χ1v) is 9.67. The molecule has 0 heterocycles. The van der Waals surface area contributed by atoms with Gasteiger partial charge < -0.3 is 9.84 Å². The smallest absolute Gasteiger partial charge is 0.323 e. The fourth-order valence-corrected chi connectivity index (χ4v) is 3.77. The normalized spacial score (nSPS) is 21.4. The monoisotopic (exact) mass is 375 g/mol. The second kappa shape index (κ2) is 10.2. The summed E-state index contributed by atoms with van der Waals surface area (Å²) in [6.45, 7) is 3.72. The lowest BCUT2D eigenvalue weighted by Crippen LogP contribution is -2.49. The van der Waals surface area contributed by atoms with Crippen LogP contribution in [0.5, 0.6) is 0 Å². The highest BCUT2D eigenvalue weighted by atomic mass is 16.5. The zero-order valence-electron chi connectivity index (χ0n) is 16.0. The molecule has 0 bridgehead atoms. The van der Waals surface area contributed by atoms with Crippen LogP contribution < -0.4 is 5.32 Å². The van der Waals surface area contributed by atoms with E-state index in [4.69, 9.17) is 4.74 Å². The van der Waals surface area contributed by atoms with Crippen molar-refractivity contribution in [3.63, 3.8) is 0 Å². The molecule has 0 saturated heterocycles. The molecule has 1 aromatic rings. The molecule has 27 heavy (non-hydrogen) atoms. The third-order valence-corrected chi connectivity index (χ3v) is 5.21. The molecule has 6 heteroatoms. The van der Waals surface area contributed by atoms with Gasteiger partial charge in [-0.15, -0.1) is 0 Å². The fraction of sp³-hybridized carbons (Fsp3) is 0.571. The lowest BCUT2D eigenvalue weighted by molar-refractivity contribution is -0.148. The van der Waals surface area contributed by atoms with E-state index in [1.807, 2.05) is 30.3 Å². The minimum Gasteiger partial charge on any atom is -0.481 e. The summed E-state index contributed by atoms with van der Waals surface area (Å²) in [5, 5.41) is 12.4. The first-order chi connectivity index (χ1) is 12.9. The minimum absolute atomic E-state index is 0.131. The standard InChI is InChI=1S/C21H29NO5/c1-3-27-21(26)18(13-12-15-8-5-4-6-9-15)22-14(2)19(23)16-10-7-11-17(16)20(24)25/h4-6,8-9,14,16-18,22H,3,7,10-13H2,1-2H3,(H,24,25)/t14-,16?,17+,18-/m0/s1. The number of hydrogen-bond donors (Lipinski definition) is 2. The molecule has 6 nitrogen and oxygen atoms in total. The van der Waals surface area contributed by atoms with Crippen LogP contribution in [0.1, 0.15) is 45.1 Å². The van der Waals surface area contributed by atoms with E-state index in [9.17, 15) is 19.5 Å². The number of carboxylic acids is 1. The SMILES string of the molecule is CCOC(=O)[C@H](CCc1ccccc1)N[C@@H](C)C(=O)C1CCC[C@H]1C(=O)O. The van der Waals surface area contributed by atoms with Crippen molar-refractivity contribution in [2.45, 2.75) is 58.0 Å². The van der Waals surface area contributed by atoms with Crippen molar-refractivity contribution in [3.8, 4) is 0 Å². The van der Waals surface area contributed by atoms with Gasteiger partial charge in [0.1, 0.15) is 6.04 Å². The summed E-state index contributed by atoms with van der Waals surface area (Å²) in [7, 11) is 0.